The molecule has 0 aliphatic heterocycles. The summed E-state index contributed by atoms with van der Waals surface area (Å²) in [5.74, 6) is -1.08. The van der Waals surface area contributed by atoms with Gasteiger partial charge in [0.15, 0.2) is 6.29 Å². The SMILES string of the molecule is COOSc1ccc(Oc2cc(C(=O)OC)cc(C(=O)OC)c2C=O)cc1. The van der Waals surface area contributed by atoms with Crippen LogP contribution in [0, 0.1) is 0 Å². The summed E-state index contributed by atoms with van der Waals surface area (Å²) in [7, 11) is 3.76. The van der Waals surface area contributed by atoms with Crippen LogP contribution in [0.5, 0.6) is 11.5 Å². The third-order valence-corrected chi connectivity index (χ3v) is 4.00. The van der Waals surface area contributed by atoms with Crippen molar-refractivity contribution in [3.63, 3.8) is 0 Å². The summed E-state index contributed by atoms with van der Waals surface area (Å²) in [6, 6.07) is 9.18. The zero-order valence-corrected chi connectivity index (χ0v) is 15.5. The van der Waals surface area contributed by atoms with Gasteiger partial charge >= 0.3 is 11.9 Å². The van der Waals surface area contributed by atoms with E-state index in [-0.39, 0.29) is 22.4 Å². The lowest BCUT2D eigenvalue weighted by Gasteiger charge is -2.13. The normalized spacial score (nSPS) is 10.2. The van der Waals surface area contributed by atoms with E-state index in [0.29, 0.717) is 12.0 Å². The van der Waals surface area contributed by atoms with Crippen molar-refractivity contribution in [2.24, 2.45) is 0 Å². The van der Waals surface area contributed by atoms with E-state index in [1.165, 1.54) is 33.5 Å². The molecular weight excluding hydrogens is 376 g/mol. The fourth-order valence-electron chi connectivity index (χ4n) is 2.11. The summed E-state index contributed by atoms with van der Waals surface area (Å²) >= 11 is 1.01. The summed E-state index contributed by atoms with van der Waals surface area (Å²) < 4.78 is 19.8. The summed E-state index contributed by atoms with van der Waals surface area (Å²) in [6.07, 6.45) is 0.458. The Balaban J connectivity index is 2.42. The number of esters is 2. The van der Waals surface area contributed by atoms with E-state index in [1.54, 1.807) is 24.3 Å². The van der Waals surface area contributed by atoms with Crippen molar-refractivity contribution in [1.82, 2.24) is 0 Å². The second-order valence-electron chi connectivity index (χ2n) is 4.93. The maximum Gasteiger partial charge on any atom is 0.338 e. The van der Waals surface area contributed by atoms with Gasteiger partial charge in [-0.3, -0.25) is 4.79 Å². The second-order valence-corrected chi connectivity index (χ2v) is 5.70. The van der Waals surface area contributed by atoms with Crippen molar-refractivity contribution in [2.75, 3.05) is 21.3 Å². The molecule has 9 heteroatoms. The maximum atomic E-state index is 12.0. The highest BCUT2D eigenvalue weighted by Crippen LogP contribution is 2.31. The number of hydrogen-bond acceptors (Lipinski definition) is 9. The van der Waals surface area contributed by atoms with Crippen LogP contribution >= 0.6 is 12.0 Å². The highest BCUT2D eigenvalue weighted by molar-refractivity contribution is 7.94. The van der Waals surface area contributed by atoms with Crippen LogP contribution in [0.2, 0.25) is 0 Å². The van der Waals surface area contributed by atoms with Gasteiger partial charge in [-0.25, -0.2) is 14.5 Å². The molecule has 0 bridgehead atoms. The fraction of sp³-hybridized carbons (Fsp3) is 0.167. The molecule has 0 amide bonds. The Bertz CT molecular complexity index is 832. The molecule has 2 rings (SSSR count). The van der Waals surface area contributed by atoms with E-state index in [1.807, 2.05) is 0 Å². The number of rotatable bonds is 8. The number of carbonyl (C=O) groups is 3. The zero-order chi connectivity index (χ0) is 19.8. The Kier molecular flexibility index (Phi) is 7.35. The molecule has 0 fully saturated rings. The highest BCUT2D eigenvalue weighted by Gasteiger charge is 2.21. The van der Waals surface area contributed by atoms with Gasteiger partial charge in [0.25, 0.3) is 0 Å². The summed E-state index contributed by atoms with van der Waals surface area (Å²) in [5.41, 5.74) is -0.110. The van der Waals surface area contributed by atoms with E-state index in [0.717, 1.165) is 16.9 Å². The lowest BCUT2D eigenvalue weighted by molar-refractivity contribution is -0.160. The molecular formula is C18H16O8S. The minimum absolute atomic E-state index is 0.0156. The molecule has 0 radical (unpaired) electrons. The molecule has 0 unspecified atom stereocenters. The first kappa shape index (κ1) is 20.4. The van der Waals surface area contributed by atoms with Crippen LogP contribution in [0.1, 0.15) is 31.1 Å². The number of ether oxygens (including phenoxy) is 3. The average molecular weight is 392 g/mol. The fourth-order valence-corrected chi connectivity index (χ4v) is 2.50. The molecule has 2 aromatic rings. The Labute approximate surface area is 159 Å². The largest absolute Gasteiger partial charge is 0.465 e. The number of methoxy groups -OCH3 is 2. The van der Waals surface area contributed by atoms with Gasteiger partial charge in [-0.05, 0) is 36.4 Å². The van der Waals surface area contributed by atoms with Crippen molar-refractivity contribution in [3.8, 4) is 11.5 Å². The van der Waals surface area contributed by atoms with Gasteiger partial charge < -0.3 is 14.2 Å². The topological polar surface area (TPSA) is 97.4 Å². The van der Waals surface area contributed by atoms with Crippen LogP contribution in [0.3, 0.4) is 0 Å². The minimum atomic E-state index is -0.781. The lowest BCUT2D eigenvalue weighted by Crippen LogP contribution is -2.11. The Morgan fingerprint density at radius 3 is 2.19 bits per heavy atom. The van der Waals surface area contributed by atoms with Gasteiger partial charge in [0, 0.05) is 4.90 Å². The smallest absolute Gasteiger partial charge is 0.338 e. The van der Waals surface area contributed by atoms with Crippen molar-refractivity contribution in [1.29, 1.82) is 0 Å². The third-order valence-electron chi connectivity index (χ3n) is 3.34. The van der Waals surface area contributed by atoms with Gasteiger partial charge in [-0.1, -0.05) is 0 Å². The third kappa shape index (κ3) is 5.07. The van der Waals surface area contributed by atoms with Crippen molar-refractivity contribution >= 4 is 30.3 Å². The molecule has 8 nitrogen and oxygen atoms in total. The molecule has 142 valence electrons. The van der Waals surface area contributed by atoms with Crippen LogP contribution in [0.4, 0.5) is 0 Å². The van der Waals surface area contributed by atoms with Gasteiger partial charge in [0.2, 0.25) is 0 Å². The molecule has 0 heterocycles. The van der Waals surface area contributed by atoms with Gasteiger partial charge in [-0.15, -0.1) is 0 Å². The van der Waals surface area contributed by atoms with E-state index in [2.05, 4.69) is 14.4 Å². The monoisotopic (exact) mass is 392 g/mol. The van der Waals surface area contributed by atoms with Crippen LogP contribution in [-0.4, -0.2) is 39.6 Å². The predicted octanol–water partition coefficient (Wildman–Crippen LogP) is 3.45. The van der Waals surface area contributed by atoms with Crippen molar-refractivity contribution < 1.29 is 37.8 Å². The van der Waals surface area contributed by atoms with Gasteiger partial charge in [-0.2, -0.15) is 4.33 Å². The van der Waals surface area contributed by atoms with Crippen molar-refractivity contribution in [3.05, 3.63) is 53.1 Å². The number of carbonyl (C=O) groups excluding carboxylic acids is 3. The van der Waals surface area contributed by atoms with E-state index >= 15 is 0 Å². The molecule has 0 aliphatic carbocycles. The lowest BCUT2D eigenvalue weighted by atomic mass is 10.0. The number of benzene rings is 2. The average Bonchev–Trinajstić information content (AvgIpc) is 2.71. The quantitative estimate of drug-likeness (QED) is 0.220. The predicted molar refractivity (Wildman–Crippen MR) is 95.0 cm³/mol. The summed E-state index contributed by atoms with van der Waals surface area (Å²) in [5, 5.41) is 0. The molecule has 0 aromatic heterocycles. The van der Waals surface area contributed by atoms with E-state index in [4.69, 9.17) is 9.07 Å². The summed E-state index contributed by atoms with van der Waals surface area (Å²) in [6.45, 7) is 0. The first-order chi connectivity index (χ1) is 13.0. The van der Waals surface area contributed by atoms with Gasteiger partial charge in [0.05, 0.1) is 50.1 Å². The first-order valence-corrected chi connectivity index (χ1v) is 8.23. The van der Waals surface area contributed by atoms with Crippen LogP contribution < -0.4 is 4.74 Å². The van der Waals surface area contributed by atoms with Crippen LogP contribution in [0.25, 0.3) is 0 Å². The van der Waals surface area contributed by atoms with Gasteiger partial charge in [0.1, 0.15) is 11.5 Å². The Hall–Kier alpha value is -2.88. The minimum Gasteiger partial charge on any atom is -0.465 e. The standard InChI is InChI=1S/C18H16O8S/c1-22-17(20)11-8-14(18(21)23-2)15(10-19)16(9-11)25-12-4-6-13(7-5-12)27-26-24-3/h4-10H,1-3H3. The highest BCUT2D eigenvalue weighted by atomic mass is 32.2. The molecule has 0 atom stereocenters. The maximum absolute atomic E-state index is 12.0. The van der Waals surface area contributed by atoms with E-state index in [9.17, 15) is 14.4 Å². The second kappa shape index (κ2) is 9.72. The molecule has 27 heavy (non-hydrogen) atoms. The molecule has 0 saturated heterocycles. The molecule has 0 saturated carbocycles. The molecule has 2 aromatic carbocycles. The number of aldehydes is 1. The first-order valence-electron chi connectivity index (χ1n) is 7.49. The molecule has 0 spiro atoms. The Morgan fingerprint density at radius 2 is 1.63 bits per heavy atom. The van der Waals surface area contributed by atoms with Crippen molar-refractivity contribution in [2.45, 2.75) is 4.90 Å². The Morgan fingerprint density at radius 1 is 0.963 bits per heavy atom. The number of hydrogen-bond donors (Lipinski definition) is 0. The van der Waals surface area contributed by atoms with Crippen LogP contribution in [0.15, 0.2) is 41.3 Å². The zero-order valence-electron chi connectivity index (χ0n) is 14.7. The van der Waals surface area contributed by atoms with E-state index < -0.39 is 11.9 Å². The molecule has 0 N–H and O–H groups in total. The van der Waals surface area contributed by atoms with Crippen LogP contribution in [-0.2, 0) is 18.7 Å². The summed E-state index contributed by atoms with van der Waals surface area (Å²) in [4.78, 5) is 40.7. The molecule has 0 aliphatic rings.